The SMILES string of the molecule is C=C[C@H](CCC)Oc1ccc(OC)cc1. The Bertz CT molecular complexity index is 290. The fourth-order valence-electron chi connectivity index (χ4n) is 1.34. The molecule has 1 rings (SSSR count). The summed E-state index contributed by atoms with van der Waals surface area (Å²) in [5.74, 6) is 1.70. The lowest BCUT2D eigenvalue weighted by molar-refractivity contribution is 0.237. The zero-order valence-corrected chi connectivity index (χ0v) is 9.40. The molecule has 15 heavy (non-hydrogen) atoms. The summed E-state index contributed by atoms with van der Waals surface area (Å²) in [6.45, 7) is 5.89. The van der Waals surface area contributed by atoms with E-state index in [2.05, 4.69) is 13.5 Å². The van der Waals surface area contributed by atoms with E-state index in [9.17, 15) is 0 Å². The fourth-order valence-corrected chi connectivity index (χ4v) is 1.34. The first-order chi connectivity index (χ1) is 7.30. The molecule has 2 nitrogen and oxygen atoms in total. The predicted molar refractivity (Wildman–Crippen MR) is 62.5 cm³/mol. The minimum Gasteiger partial charge on any atom is -0.497 e. The zero-order chi connectivity index (χ0) is 11.1. The average molecular weight is 206 g/mol. The van der Waals surface area contributed by atoms with Crippen molar-refractivity contribution in [2.24, 2.45) is 0 Å². The molecule has 0 aliphatic heterocycles. The van der Waals surface area contributed by atoms with Gasteiger partial charge in [-0.3, -0.25) is 0 Å². The highest BCUT2D eigenvalue weighted by Gasteiger charge is 2.04. The third-order valence-corrected chi connectivity index (χ3v) is 2.18. The smallest absolute Gasteiger partial charge is 0.120 e. The molecule has 82 valence electrons. The van der Waals surface area contributed by atoms with Gasteiger partial charge in [-0.15, -0.1) is 0 Å². The number of hydrogen-bond acceptors (Lipinski definition) is 2. The first-order valence-electron chi connectivity index (χ1n) is 5.23. The summed E-state index contributed by atoms with van der Waals surface area (Å²) in [5.41, 5.74) is 0. The molecule has 0 saturated carbocycles. The van der Waals surface area contributed by atoms with Crippen molar-refractivity contribution in [1.82, 2.24) is 0 Å². The van der Waals surface area contributed by atoms with Crippen molar-refractivity contribution in [1.29, 1.82) is 0 Å². The third kappa shape index (κ3) is 3.66. The second kappa shape index (κ2) is 6.12. The number of benzene rings is 1. The van der Waals surface area contributed by atoms with Crippen LogP contribution in [0, 0.1) is 0 Å². The first-order valence-corrected chi connectivity index (χ1v) is 5.23. The highest BCUT2D eigenvalue weighted by molar-refractivity contribution is 5.31. The molecule has 0 fully saturated rings. The van der Waals surface area contributed by atoms with E-state index in [4.69, 9.17) is 9.47 Å². The monoisotopic (exact) mass is 206 g/mol. The quantitative estimate of drug-likeness (QED) is 0.664. The maximum absolute atomic E-state index is 5.73. The van der Waals surface area contributed by atoms with Crippen LogP contribution in [-0.4, -0.2) is 13.2 Å². The maximum atomic E-state index is 5.73. The van der Waals surface area contributed by atoms with Crippen molar-refractivity contribution >= 4 is 0 Å². The Morgan fingerprint density at radius 3 is 2.33 bits per heavy atom. The molecule has 0 aliphatic rings. The molecule has 1 aromatic rings. The predicted octanol–water partition coefficient (Wildman–Crippen LogP) is 3.43. The molecule has 0 unspecified atom stereocenters. The molecule has 1 aromatic carbocycles. The Morgan fingerprint density at radius 1 is 1.27 bits per heavy atom. The van der Waals surface area contributed by atoms with Gasteiger partial charge in [0.15, 0.2) is 0 Å². The van der Waals surface area contributed by atoms with Gasteiger partial charge in [0.2, 0.25) is 0 Å². The highest BCUT2D eigenvalue weighted by Crippen LogP contribution is 2.19. The maximum Gasteiger partial charge on any atom is 0.120 e. The second-order valence-electron chi connectivity index (χ2n) is 3.36. The summed E-state index contributed by atoms with van der Waals surface area (Å²) in [7, 11) is 1.65. The highest BCUT2D eigenvalue weighted by atomic mass is 16.5. The molecule has 1 atom stereocenters. The van der Waals surface area contributed by atoms with Crippen LogP contribution in [0.4, 0.5) is 0 Å². The minimum atomic E-state index is 0.100. The number of ether oxygens (including phenoxy) is 2. The Kier molecular flexibility index (Phi) is 4.75. The van der Waals surface area contributed by atoms with Crippen molar-refractivity contribution in [2.75, 3.05) is 7.11 Å². The van der Waals surface area contributed by atoms with Crippen LogP contribution >= 0.6 is 0 Å². The summed E-state index contributed by atoms with van der Waals surface area (Å²) in [6.07, 6.45) is 4.03. The zero-order valence-electron chi connectivity index (χ0n) is 9.40. The van der Waals surface area contributed by atoms with E-state index in [1.807, 2.05) is 30.3 Å². The standard InChI is InChI=1S/C13H18O2/c1-4-6-11(5-2)15-13-9-7-12(14-3)8-10-13/h5,7-11H,2,4,6H2,1,3H3/t11-/m1/s1. The lowest BCUT2D eigenvalue weighted by Crippen LogP contribution is -2.12. The van der Waals surface area contributed by atoms with Crippen LogP contribution in [0.1, 0.15) is 19.8 Å². The van der Waals surface area contributed by atoms with Gasteiger partial charge < -0.3 is 9.47 Å². The van der Waals surface area contributed by atoms with Gasteiger partial charge in [-0.25, -0.2) is 0 Å². The Labute approximate surface area is 91.5 Å². The van der Waals surface area contributed by atoms with Crippen LogP contribution < -0.4 is 9.47 Å². The normalized spacial score (nSPS) is 11.9. The molecular weight excluding hydrogens is 188 g/mol. The molecule has 0 radical (unpaired) electrons. The van der Waals surface area contributed by atoms with E-state index in [0.29, 0.717) is 0 Å². The van der Waals surface area contributed by atoms with Gasteiger partial charge >= 0.3 is 0 Å². The molecule has 0 bridgehead atoms. The van der Waals surface area contributed by atoms with Crippen LogP contribution in [0.25, 0.3) is 0 Å². The summed E-state index contributed by atoms with van der Waals surface area (Å²) in [5, 5.41) is 0. The van der Waals surface area contributed by atoms with E-state index in [0.717, 1.165) is 24.3 Å². The van der Waals surface area contributed by atoms with Crippen molar-refractivity contribution < 1.29 is 9.47 Å². The Hall–Kier alpha value is -1.44. The van der Waals surface area contributed by atoms with Gasteiger partial charge in [0.05, 0.1) is 7.11 Å². The van der Waals surface area contributed by atoms with E-state index in [-0.39, 0.29) is 6.10 Å². The lowest BCUT2D eigenvalue weighted by Gasteiger charge is -2.14. The molecule has 2 heteroatoms. The average Bonchev–Trinajstić information content (AvgIpc) is 2.29. The summed E-state index contributed by atoms with van der Waals surface area (Å²) < 4.78 is 10.8. The van der Waals surface area contributed by atoms with E-state index in [1.54, 1.807) is 7.11 Å². The summed E-state index contributed by atoms with van der Waals surface area (Å²) in [4.78, 5) is 0. The van der Waals surface area contributed by atoms with E-state index in [1.165, 1.54) is 0 Å². The van der Waals surface area contributed by atoms with Crippen LogP contribution in [0.15, 0.2) is 36.9 Å². The second-order valence-corrected chi connectivity index (χ2v) is 3.36. The van der Waals surface area contributed by atoms with Gasteiger partial charge in [-0.05, 0) is 30.7 Å². The molecule has 0 saturated heterocycles. The van der Waals surface area contributed by atoms with Crippen molar-refractivity contribution in [3.8, 4) is 11.5 Å². The fraction of sp³-hybridized carbons (Fsp3) is 0.385. The van der Waals surface area contributed by atoms with Crippen molar-refractivity contribution in [3.05, 3.63) is 36.9 Å². The molecular formula is C13H18O2. The van der Waals surface area contributed by atoms with Gasteiger partial charge in [0.25, 0.3) is 0 Å². The van der Waals surface area contributed by atoms with Gasteiger partial charge in [-0.2, -0.15) is 0 Å². The molecule has 0 aliphatic carbocycles. The van der Waals surface area contributed by atoms with Crippen molar-refractivity contribution in [3.63, 3.8) is 0 Å². The minimum absolute atomic E-state index is 0.100. The van der Waals surface area contributed by atoms with Gasteiger partial charge in [0, 0.05) is 0 Å². The summed E-state index contributed by atoms with van der Waals surface area (Å²) >= 11 is 0. The molecule has 0 N–H and O–H groups in total. The molecule has 0 amide bonds. The number of methoxy groups -OCH3 is 1. The Balaban J connectivity index is 2.58. The van der Waals surface area contributed by atoms with E-state index >= 15 is 0 Å². The Morgan fingerprint density at radius 2 is 1.87 bits per heavy atom. The summed E-state index contributed by atoms with van der Waals surface area (Å²) in [6, 6.07) is 7.60. The topological polar surface area (TPSA) is 18.5 Å². The van der Waals surface area contributed by atoms with Crippen LogP contribution in [-0.2, 0) is 0 Å². The van der Waals surface area contributed by atoms with Gasteiger partial charge in [-0.1, -0.05) is 26.0 Å². The number of rotatable bonds is 6. The van der Waals surface area contributed by atoms with Gasteiger partial charge in [0.1, 0.15) is 17.6 Å². The van der Waals surface area contributed by atoms with Crippen LogP contribution in [0.3, 0.4) is 0 Å². The molecule has 0 spiro atoms. The lowest BCUT2D eigenvalue weighted by atomic mass is 10.2. The molecule has 0 aromatic heterocycles. The first kappa shape index (κ1) is 11.6. The van der Waals surface area contributed by atoms with E-state index < -0.39 is 0 Å². The number of hydrogen-bond donors (Lipinski definition) is 0. The van der Waals surface area contributed by atoms with Crippen LogP contribution in [0.5, 0.6) is 11.5 Å². The van der Waals surface area contributed by atoms with Crippen molar-refractivity contribution in [2.45, 2.75) is 25.9 Å². The largest absolute Gasteiger partial charge is 0.497 e. The third-order valence-electron chi connectivity index (χ3n) is 2.18. The molecule has 0 heterocycles. The van der Waals surface area contributed by atoms with Crippen LogP contribution in [0.2, 0.25) is 0 Å².